The Morgan fingerprint density at radius 2 is 1.93 bits per heavy atom. The molecular formula is C22H21N3O2. The third-order valence-corrected chi connectivity index (χ3v) is 5.10. The van der Waals surface area contributed by atoms with Crippen LogP contribution in [0, 0.1) is 6.92 Å². The summed E-state index contributed by atoms with van der Waals surface area (Å²) < 4.78 is 14.4. The molecule has 27 heavy (non-hydrogen) atoms. The SMILES string of the molecule is CCc1ccc2c(c1)N[C@@]1(C=C(C)Oc3c1c(C)nn3-c1ccccc1)O2. The van der Waals surface area contributed by atoms with Crippen LogP contribution in [0.25, 0.3) is 5.69 Å². The minimum atomic E-state index is -0.802. The monoisotopic (exact) mass is 359 g/mol. The van der Waals surface area contributed by atoms with Gasteiger partial charge < -0.3 is 14.8 Å². The molecule has 1 atom stereocenters. The van der Waals surface area contributed by atoms with Crippen molar-refractivity contribution >= 4 is 5.69 Å². The number of allylic oxidation sites excluding steroid dienone is 1. The molecule has 1 spiro atoms. The summed E-state index contributed by atoms with van der Waals surface area (Å²) in [6.07, 6.45) is 2.97. The summed E-state index contributed by atoms with van der Waals surface area (Å²) in [6, 6.07) is 16.3. The van der Waals surface area contributed by atoms with Crippen LogP contribution in [0.4, 0.5) is 5.69 Å². The van der Waals surface area contributed by atoms with Gasteiger partial charge >= 0.3 is 0 Å². The molecule has 3 aromatic rings. The van der Waals surface area contributed by atoms with Gasteiger partial charge in [-0.1, -0.05) is 31.2 Å². The highest BCUT2D eigenvalue weighted by Crippen LogP contribution is 2.49. The molecule has 136 valence electrons. The largest absolute Gasteiger partial charge is 0.458 e. The molecule has 5 nitrogen and oxygen atoms in total. The topological polar surface area (TPSA) is 48.3 Å². The predicted octanol–water partition coefficient (Wildman–Crippen LogP) is 4.70. The third-order valence-electron chi connectivity index (χ3n) is 5.10. The van der Waals surface area contributed by atoms with E-state index in [0.29, 0.717) is 5.88 Å². The first-order valence-corrected chi connectivity index (χ1v) is 9.22. The minimum absolute atomic E-state index is 0.690. The highest BCUT2D eigenvalue weighted by molar-refractivity contribution is 5.67. The first-order chi connectivity index (χ1) is 13.1. The smallest absolute Gasteiger partial charge is 0.237 e. The van der Waals surface area contributed by atoms with Crippen molar-refractivity contribution in [2.45, 2.75) is 32.9 Å². The van der Waals surface area contributed by atoms with Crippen LogP contribution in [-0.2, 0) is 12.1 Å². The van der Waals surface area contributed by atoms with Gasteiger partial charge in [-0.25, -0.2) is 4.68 Å². The van der Waals surface area contributed by atoms with E-state index in [2.05, 4.69) is 24.4 Å². The molecular weight excluding hydrogens is 338 g/mol. The van der Waals surface area contributed by atoms with Crippen molar-refractivity contribution < 1.29 is 9.47 Å². The van der Waals surface area contributed by atoms with Crippen molar-refractivity contribution in [3.8, 4) is 17.3 Å². The lowest BCUT2D eigenvalue weighted by atomic mass is 10.00. The normalized spacial score (nSPS) is 19.6. The quantitative estimate of drug-likeness (QED) is 0.721. The number of aromatic nitrogens is 2. The Morgan fingerprint density at radius 3 is 2.70 bits per heavy atom. The highest BCUT2D eigenvalue weighted by Gasteiger charge is 2.47. The van der Waals surface area contributed by atoms with Crippen molar-refractivity contribution in [1.29, 1.82) is 0 Å². The molecule has 5 rings (SSSR count). The second-order valence-electron chi connectivity index (χ2n) is 7.02. The van der Waals surface area contributed by atoms with Gasteiger partial charge in [-0.15, -0.1) is 0 Å². The molecule has 2 aliphatic heterocycles. The lowest BCUT2D eigenvalue weighted by Crippen LogP contribution is -2.38. The van der Waals surface area contributed by atoms with Crippen LogP contribution >= 0.6 is 0 Å². The van der Waals surface area contributed by atoms with Gasteiger partial charge in [0.1, 0.15) is 17.1 Å². The number of ether oxygens (including phenoxy) is 2. The maximum absolute atomic E-state index is 6.44. The Kier molecular flexibility index (Phi) is 3.34. The lowest BCUT2D eigenvalue weighted by Gasteiger charge is -2.31. The standard InChI is InChI=1S/C22H21N3O2/c1-4-16-10-11-19-18(12-16)23-22(27-19)13-14(2)26-21-20(22)15(3)24-25(21)17-8-6-5-7-9-17/h5-13,23H,4H2,1-3H3/t22-/m0/s1. The number of benzene rings is 2. The molecule has 0 radical (unpaired) electrons. The van der Waals surface area contributed by atoms with Gasteiger partial charge in [0.05, 0.1) is 17.1 Å². The number of nitrogens with zero attached hydrogens (tertiary/aromatic N) is 2. The molecule has 0 unspecified atom stereocenters. The van der Waals surface area contributed by atoms with Crippen LogP contribution in [0.2, 0.25) is 0 Å². The van der Waals surface area contributed by atoms with Gasteiger partial charge in [-0.3, -0.25) is 0 Å². The summed E-state index contributed by atoms with van der Waals surface area (Å²) in [5.41, 5.74) is 4.20. The number of nitrogens with one attached hydrogen (secondary N) is 1. The average molecular weight is 359 g/mol. The molecule has 2 aromatic carbocycles. The van der Waals surface area contributed by atoms with Gasteiger partial charge in [0, 0.05) is 6.08 Å². The van der Waals surface area contributed by atoms with E-state index in [0.717, 1.165) is 40.6 Å². The number of aryl methyl sites for hydroxylation is 2. The second-order valence-corrected chi connectivity index (χ2v) is 7.02. The van der Waals surface area contributed by atoms with Crippen LogP contribution in [-0.4, -0.2) is 9.78 Å². The Hall–Kier alpha value is -3.21. The van der Waals surface area contributed by atoms with Crippen molar-refractivity contribution in [2.75, 3.05) is 5.32 Å². The summed E-state index contributed by atoms with van der Waals surface area (Å²) in [5.74, 6) is 2.31. The third kappa shape index (κ3) is 2.35. The number of anilines is 1. The Balaban J connectivity index is 1.67. The fraction of sp³-hybridized carbons (Fsp3) is 0.227. The van der Waals surface area contributed by atoms with Crippen molar-refractivity contribution in [2.24, 2.45) is 0 Å². The fourth-order valence-electron chi connectivity index (χ4n) is 3.87. The Labute approximate surface area is 158 Å². The number of hydrogen-bond donors (Lipinski definition) is 1. The summed E-state index contributed by atoms with van der Waals surface area (Å²) >= 11 is 0. The zero-order chi connectivity index (χ0) is 18.6. The molecule has 2 aliphatic rings. The first-order valence-electron chi connectivity index (χ1n) is 9.22. The van der Waals surface area contributed by atoms with E-state index in [1.165, 1.54) is 5.56 Å². The van der Waals surface area contributed by atoms with E-state index in [4.69, 9.17) is 14.6 Å². The Bertz CT molecular complexity index is 1070. The summed E-state index contributed by atoms with van der Waals surface area (Å²) in [7, 11) is 0. The molecule has 1 aromatic heterocycles. The maximum Gasteiger partial charge on any atom is 0.237 e. The molecule has 0 saturated heterocycles. The van der Waals surface area contributed by atoms with Gasteiger partial charge in [0.25, 0.3) is 0 Å². The fourth-order valence-corrected chi connectivity index (χ4v) is 3.87. The number of rotatable bonds is 2. The lowest BCUT2D eigenvalue weighted by molar-refractivity contribution is 0.153. The van der Waals surface area contributed by atoms with Crippen molar-refractivity contribution in [3.63, 3.8) is 0 Å². The predicted molar refractivity (Wildman–Crippen MR) is 104 cm³/mol. The number of hydrogen-bond acceptors (Lipinski definition) is 4. The van der Waals surface area contributed by atoms with Crippen LogP contribution in [0.5, 0.6) is 11.6 Å². The first kappa shape index (κ1) is 16.0. The van der Waals surface area contributed by atoms with Crippen LogP contribution < -0.4 is 14.8 Å². The van der Waals surface area contributed by atoms with Gasteiger partial charge in [-0.05, 0) is 50.1 Å². The molecule has 0 fully saturated rings. The van der Waals surface area contributed by atoms with E-state index in [1.807, 2.05) is 61.0 Å². The molecule has 0 saturated carbocycles. The van der Waals surface area contributed by atoms with Crippen molar-refractivity contribution in [3.05, 3.63) is 77.2 Å². The number of fused-ring (bicyclic) bond motifs is 3. The van der Waals surface area contributed by atoms with E-state index >= 15 is 0 Å². The Morgan fingerprint density at radius 1 is 1.11 bits per heavy atom. The second kappa shape index (κ2) is 5.64. The van der Waals surface area contributed by atoms with Gasteiger partial charge in [0.2, 0.25) is 11.6 Å². The van der Waals surface area contributed by atoms with Gasteiger partial charge in [0.15, 0.2) is 0 Å². The highest BCUT2D eigenvalue weighted by atomic mass is 16.5. The molecule has 0 aliphatic carbocycles. The molecule has 3 heterocycles. The maximum atomic E-state index is 6.44. The molecule has 0 bridgehead atoms. The van der Waals surface area contributed by atoms with E-state index < -0.39 is 5.72 Å². The minimum Gasteiger partial charge on any atom is -0.458 e. The van der Waals surface area contributed by atoms with Gasteiger partial charge in [-0.2, -0.15) is 5.10 Å². The zero-order valence-electron chi connectivity index (χ0n) is 15.6. The van der Waals surface area contributed by atoms with E-state index in [-0.39, 0.29) is 0 Å². The average Bonchev–Trinajstić information content (AvgIpc) is 3.19. The zero-order valence-corrected chi connectivity index (χ0v) is 15.6. The van der Waals surface area contributed by atoms with Crippen LogP contribution in [0.3, 0.4) is 0 Å². The molecule has 1 N–H and O–H groups in total. The summed E-state index contributed by atoms with van der Waals surface area (Å²) in [5, 5.41) is 8.34. The van der Waals surface area contributed by atoms with E-state index in [1.54, 1.807) is 0 Å². The van der Waals surface area contributed by atoms with Crippen LogP contribution in [0.15, 0.2) is 60.4 Å². The molecule has 5 heteroatoms. The van der Waals surface area contributed by atoms with Crippen molar-refractivity contribution in [1.82, 2.24) is 9.78 Å². The summed E-state index contributed by atoms with van der Waals surface area (Å²) in [6.45, 7) is 6.08. The number of para-hydroxylation sites is 1. The summed E-state index contributed by atoms with van der Waals surface area (Å²) in [4.78, 5) is 0. The van der Waals surface area contributed by atoms with E-state index in [9.17, 15) is 0 Å². The van der Waals surface area contributed by atoms with Crippen LogP contribution in [0.1, 0.15) is 30.7 Å². The molecule has 0 amide bonds.